The van der Waals surface area contributed by atoms with E-state index in [-0.39, 0.29) is 0 Å². The highest BCUT2D eigenvalue weighted by molar-refractivity contribution is 7.08. The van der Waals surface area contributed by atoms with E-state index in [4.69, 9.17) is 4.42 Å². The van der Waals surface area contributed by atoms with Crippen molar-refractivity contribution in [1.29, 1.82) is 0 Å². The minimum atomic E-state index is 0.793. The first-order chi connectivity index (χ1) is 8.42. The van der Waals surface area contributed by atoms with Gasteiger partial charge in [-0.1, -0.05) is 0 Å². The lowest BCUT2D eigenvalue weighted by Crippen LogP contribution is -2.17. The molecule has 0 unspecified atom stereocenters. The Morgan fingerprint density at radius 1 is 1.47 bits per heavy atom. The minimum absolute atomic E-state index is 0.793. The molecule has 1 saturated carbocycles. The highest BCUT2D eigenvalue weighted by Gasteiger charge is 2.19. The van der Waals surface area contributed by atoms with E-state index in [0.717, 1.165) is 42.6 Å². The third kappa shape index (κ3) is 2.96. The lowest BCUT2D eigenvalue weighted by atomic mass is 10.3. The van der Waals surface area contributed by atoms with E-state index in [2.05, 4.69) is 27.1 Å². The van der Waals surface area contributed by atoms with Gasteiger partial charge in [-0.15, -0.1) is 0 Å². The summed E-state index contributed by atoms with van der Waals surface area (Å²) >= 11 is 1.68. The third-order valence-electron chi connectivity index (χ3n) is 2.94. The van der Waals surface area contributed by atoms with Gasteiger partial charge in [0.25, 0.3) is 0 Å². The number of hydrogen-bond donors (Lipinski definition) is 1. The van der Waals surface area contributed by atoms with Crippen molar-refractivity contribution in [3.8, 4) is 11.3 Å². The highest BCUT2D eigenvalue weighted by atomic mass is 32.1. The monoisotopic (exact) mass is 248 g/mol. The molecule has 1 fully saturated rings. The van der Waals surface area contributed by atoms with Crippen LogP contribution >= 0.6 is 11.3 Å². The van der Waals surface area contributed by atoms with Crippen LogP contribution in [0.4, 0.5) is 0 Å². The fourth-order valence-electron chi connectivity index (χ4n) is 1.80. The fourth-order valence-corrected chi connectivity index (χ4v) is 2.44. The smallest absolute Gasteiger partial charge is 0.194 e. The Morgan fingerprint density at radius 3 is 3.18 bits per heavy atom. The Bertz CT molecular complexity index is 459. The molecule has 0 aromatic carbocycles. The molecule has 17 heavy (non-hydrogen) atoms. The highest BCUT2D eigenvalue weighted by Crippen LogP contribution is 2.23. The van der Waals surface area contributed by atoms with Gasteiger partial charge in [0.2, 0.25) is 0 Å². The molecule has 2 aromatic rings. The van der Waals surface area contributed by atoms with Gasteiger partial charge in [0.1, 0.15) is 0 Å². The second-order valence-corrected chi connectivity index (χ2v) is 5.24. The maximum absolute atomic E-state index is 5.72. The summed E-state index contributed by atoms with van der Waals surface area (Å²) in [4.78, 5) is 4.31. The van der Waals surface area contributed by atoms with E-state index < -0.39 is 0 Å². The zero-order valence-corrected chi connectivity index (χ0v) is 10.5. The number of rotatable bonds is 6. The SMILES string of the molecule is c1cc(-c2cnc(CCCNC3CC3)o2)cs1. The zero-order chi connectivity index (χ0) is 11.5. The molecule has 1 N–H and O–H groups in total. The van der Waals surface area contributed by atoms with Crippen molar-refractivity contribution < 1.29 is 4.42 Å². The lowest BCUT2D eigenvalue weighted by Gasteiger charge is -1.99. The van der Waals surface area contributed by atoms with Crippen LogP contribution in [0, 0.1) is 0 Å². The van der Waals surface area contributed by atoms with Gasteiger partial charge in [-0.25, -0.2) is 4.98 Å². The first kappa shape index (κ1) is 11.0. The van der Waals surface area contributed by atoms with Crippen molar-refractivity contribution in [2.24, 2.45) is 0 Å². The van der Waals surface area contributed by atoms with Crippen molar-refractivity contribution in [3.05, 3.63) is 28.9 Å². The molecular formula is C13H16N2OS. The second-order valence-electron chi connectivity index (χ2n) is 4.46. The minimum Gasteiger partial charge on any atom is -0.441 e. The molecule has 3 nitrogen and oxygen atoms in total. The number of thiophene rings is 1. The van der Waals surface area contributed by atoms with Gasteiger partial charge in [-0.05, 0) is 37.3 Å². The predicted octanol–water partition coefficient (Wildman–Crippen LogP) is 3.09. The van der Waals surface area contributed by atoms with Crippen molar-refractivity contribution in [3.63, 3.8) is 0 Å². The van der Waals surface area contributed by atoms with E-state index in [0.29, 0.717) is 0 Å². The van der Waals surface area contributed by atoms with E-state index in [1.807, 2.05) is 6.20 Å². The third-order valence-corrected chi connectivity index (χ3v) is 3.62. The summed E-state index contributed by atoms with van der Waals surface area (Å²) in [6.07, 6.45) is 6.54. The summed E-state index contributed by atoms with van der Waals surface area (Å²) in [5.74, 6) is 1.74. The van der Waals surface area contributed by atoms with E-state index >= 15 is 0 Å². The number of nitrogens with zero attached hydrogens (tertiary/aromatic N) is 1. The second kappa shape index (κ2) is 5.02. The number of aromatic nitrogens is 1. The maximum atomic E-state index is 5.72. The van der Waals surface area contributed by atoms with Crippen LogP contribution in [0.2, 0.25) is 0 Å². The first-order valence-corrected chi connectivity index (χ1v) is 7.07. The molecule has 0 spiro atoms. The molecule has 90 valence electrons. The van der Waals surface area contributed by atoms with Crippen LogP contribution in [0.15, 0.2) is 27.4 Å². The Labute approximate surface area is 105 Å². The van der Waals surface area contributed by atoms with Gasteiger partial charge in [0.05, 0.1) is 6.20 Å². The zero-order valence-electron chi connectivity index (χ0n) is 9.69. The Kier molecular flexibility index (Phi) is 3.25. The first-order valence-electron chi connectivity index (χ1n) is 6.12. The largest absolute Gasteiger partial charge is 0.441 e. The quantitative estimate of drug-likeness (QED) is 0.798. The van der Waals surface area contributed by atoms with Crippen LogP contribution in [-0.4, -0.2) is 17.6 Å². The normalized spacial score (nSPS) is 15.3. The molecule has 1 aliphatic carbocycles. The van der Waals surface area contributed by atoms with Gasteiger partial charge < -0.3 is 9.73 Å². The van der Waals surface area contributed by atoms with Crippen LogP contribution < -0.4 is 5.32 Å². The van der Waals surface area contributed by atoms with Crippen LogP contribution in [0.5, 0.6) is 0 Å². The van der Waals surface area contributed by atoms with Gasteiger partial charge in [-0.3, -0.25) is 0 Å². The molecule has 0 atom stereocenters. The molecule has 3 rings (SSSR count). The standard InChI is InChI=1S/C13H16N2OS/c1(6-14-11-3-4-11)2-13-15-8-12(16-13)10-5-7-17-9-10/h5,7-9,11,14H,1-4,6H2. The molecule has 0 bridgehead atoms. The van der Waals surface area contributed by atoms with Crippen molar-refractivity contribution in [1.82, 2.24) is 10.3 Å². The predicted molar refractivity (Wildman–Crippen MR) is 69.2 cm³/mol. The average Bonchev–Trinajstić information content (AvgIpc) is 2.84. The van der Waals surface area contributed by atoms with Gasteiger partial charge in [0.15, 0.2) is 11.7 Å². The van der Waals surface area contributed by atoms with Crippen LogP contribution in [-0.2, 0) is 6.42 Å². The summed E-state index contributed by atoms with van der Waals surface area (Å²) in [5.41, 5.74) is 1.13. The molecule has 1 aliphatic rings. The summed E-state index contributed by atoms with van der Waals surface area (Å²) in [5, 5.41) is 7.63. The number of aryl methyl sites for hydroxylation is 1. The molecule has 2 heterocycles. The number of oxazole rings is 1. The summed E-state index contributed by atoms with van der Waals surface area (Å²) < 4.78 is 5.72. The summed E-state index contributed by atoms with van der Waals surface area (Å²) in [6.45, 7) is 1.07. The number of hydrogen-bond acceptors (Lipinski definition) is 4. The maximum Gasteiger partial charge on any atom is 0.194 e. The molecule has 4 heteroatoms. The fraction of sp³-hybridized carbons (Fsp3) is 0.462. The average molecular weight is 248 g/mol. The Morgan fingerprint density at radius 2 is 2.41 bits per heavy atom. The molecule has 0 radical (unpaired) electrons. The molecule has 0 aliphatic heterocycles. The van der Waals surface area contributed by atoms with Crippen molar-refractivity contribution in [2.75, 3.05) is 6.54 Å². The van der Waals surface area contributed by atoms with E-state index in [1.165, 1.54) is 12.8 Å². The van der Waals surface area contributed by atoms with Gasteiger partial charge in [-0.2, -0.15) is 11.3 Å². The van der Waals surface area contributed by atoms with Gasteiger partial charge in [0, 0.05) is 23.4 Å². The lowest BCUT2D eigenvalue weighted by molar-refractivity contribution is 0.491. The Hall–Kier alpha value is -1.13. The Balaban J connectivity index is 1.50. The van der Waals surface area contributed by atoms with Crippen molar-refractivity contribution >= 4 is 11.3 Å². The molecule has 2 aromatic heterocycles. The van der Waals surface area contributed by atoms with Crippen LogP contribution in [0.1, 0.15) is 25.2 Å². The number of nitrogens with one attached hydrogen (secondary N) is 1. The topological polar surface area (TPSA) is 38.1 Å². The van der Waals surface area contributed by atoms with Gasteiger partial charge >= 0.3 is 0 Å². The summed E-state index contributed by atoms with van der Waals surface area (Å²) in [7, 11) is 0. The van der Waals surface area contributed by atoms with E-state index in [9.17, 15) is 0 Å². The van der Waals surface area contributed by atoms with E-state index in [1.54, 1.807) is 11.3 Å². The summed E-state index contributed by atoms with van der Waals surface area (Å²) in [6, 6.07) is 2.85. The molecule has 0 amide bonds. The van der Waals surface area contributed by atoms with Crippen LogP contribution in [0.25, 0.3) is 11.3 Å². The van der Waals surface area contributed by atoms with Crippen LogP contribution in [0.3, 0.4) is 0 Å². The molecule has 0 saturated heterocycles. The molecular weight excluding hydrogens is 232 g/mol. The van der Waals surface area contributed by atoms with Crippen molar-refractivity contribution in [2.45, 2.75) is 31.7 Å².